The van der Waals surface area contributed by atoms with E-state index in [0.29, 0.717) is 5.69 Å². The fraction of sp³-hybridized carbons (Fsp3) is 0.632. The summed E-state index contributed by atoms with van der Waals surface area (Å²) >= 11 is 0. The first-order valence-corrected chi connectivity index (χ1v) is 10.9. The van der Waals surface area contributed by atoms with Crippen LogP contribution in [-0.4, -0.2) is 33.2 Å². The summed E-state index contributed by atoms with van der Waals surface area (Å²) in [6.07, 6.45) is 7.78. The molecular formula is C19H30N2O3S. The van der Waals surface area contributed by atoms with E-state index in [9.17, 15) is 13.2 Å². The minimum absolute atomic E-state index is 0.164. The van der Waals surface area contributed by atoms with Crippen LogP contribution in [-0.2, 0) is 14.8 Å². The van der Waals surface area contributed by atoms with Crippen molar-refractivity contribution >= 4 is 21.6 Å². The molecule has 0 aromatic heterocycles. The van der Waals surface area contributed by atoms with E-state index in [1.54, 1.807) is 0 Å². The predicted molar refractivity (Wildman–Crippen MR) is 102 cm³/mol. The molecule has 1 aliphatic rings. The van der Waals surface area contributed by atoms with Crippen molar-refractivity contribution in [3.8, 4) is 0 Å². The molecule has 1 aromatic carbocycles. The highest BCUT2D eigenvalue weighted by molar-refractivity contribution is 7.92. The molecule has 0 unspecified atom stereocenters. The van der Waals surface area contributed by atoms with Gasteiger partial charge in [0, 0.05) is 6.04 Å². The number of sulfonamides is 1. The second-order valence-corrected chi connectivity index (χ2v) is 9.18. The average molecular weight is 367 g/mol. The Bertz CT molecular complexity index is 697. The van der Waals surface area contributed by atoms with Crippen molar-refractivity contribution in [1.29, 1.82) is 0 Å². The fourth-order valence-electron chi connectivity index (χ4n) is 3.76. The average Bonchev–Trinajstić information content (AvgIpc) is 2.72. The molecule has 0 radical (unpaired) electrons. The molecular weight excluding hydrogens is 336 g/mol. The van der Waals surface area contributed by atoms with E-state index >= 15 is 0 Å². The molecule has 140 valence electrons. The molecule has 1 N–H and O–H groups in total. The molecule has 1 fully saturated rings. The second-order valence-electron chi connectivity index (χ2n) is 7.27. The lowest BCUT2D eigenvalue weighted by Crippen LogP contribution is -2.44. The number of rotatable bonds is 5. The molecule has 1 aromatic rings. The van der Waals surface area contributed by atoms with E-state index in [4.69, 9.17) is 0 Å². The fourth-order valence-corrected chi connectivity index (χ4v) is 4.73. The predicted octanol–water partition coefficient (Wildman–Crippen LogP) is 3.22. The van der Waals surface area contributed by atoms with E-state index in [2.05, 4.69) is 5.32 Å². The number of carbonyl (C=O) groups excluding carboxylic acids is 1. The molecule has 25 heavy (non-hydrogen) atoms. The van der Waals surface area contributed by atoms with Gasteiger partial charge in [-0.2, -0.15) is 0 Å². The van der Waals surface area contributed by atoms with E-state index < -0.39 is 10.0 Å². The number of hydrogen-bond donors (Lipinski definition) is 1. The van der Waals surface area contributed by atoms with Crippen molar-refractivity contribution in [1.82, 2.24) is 5.32 Å². The number of benzene rings is 1. The van der Waals surface area contributed by atoms with Gasteiger partial charge in [0.2, 0.25) is 15.9 Å². The summed E-state index contributed by atoms with van der Waals surface area (Å²) in [5.74, 6) is -0.225. The highest BCUT2D eigenvalue weighted by atomic mass is 32.2. The molecule has 1 amide bonds. The molecule has 2 rings (SSSR count). The molecule has 0 atom stereocenters. The summed E-state index contributed by atoms with van der Waals surface area (Å²) in [6.45, 7) is 5.58. The Morgan fingerprint density at radius 1 is 1.08 bits per heavy atom. The van der Waals surface area contributed by atoms with Crippen molar-refractivity contribution < 1.29 is 13.2 Å². The maximum atomic E-state index is 12.5. The maximum Gasteiger partial charge on any atom is 0.240 e. The van der Waals surface area contributed by atoms with Crippen molar-refractivity contribution in [3.63, 3.8) is 0 Å². The van der Waals surface area contributed by atoms with E-state index in [-0.39, 0.29) is 18.5 Å². The molecule has 0 spiro atoms. The van der Waals surface area contributed by atoms with Crippen LogP contribution in [0.1, 0.15) is 55.2 Å². The van der Waals surface area contributed by atoms with Gasteiger partial charge in [0.1, 0.15) is 6.54 Å². The van der Waals surface area contributed by atoms with Gasteiger partial charge in [0.25, 0.3) is 0 Å². The Hall–Kier alpha value is -1.56. The summed E-state index contributed by atoms with van der Waals surface area (Å²) in [4.78, 5) is 12.5. The number of carbonyl (C=O) groups is 1. The van der Waals surface area contributed by atoms with Crippen molar-refractivity contribution in [3.05, 3.63) is 28.8 Å². The number of hydrogen-bond acceptors (Lipinski definition) is 3. The monoisotopic (exact) mass is 366 g/mol. The zero-order chi connectivity index (χ0) is 18.6. The van der Waals surface area contributed by atoms with Crippen molar-refractivity contribution in [2.75, 3.05) is 17.1 Å². The van der Waals surface area contributed by atoms with Gasteiger partial charge in [-0.05, 0) is 44.7 Å². The van der Waals surface area contributed by atoms with Crippen LogP contribution in [0.5, 0.6) is 0 Å². The van der Waals surface area contributed by atoms with Crippen LogP contribution >= 0.6 is 0 Å². The molecule has 1 saturated carbocycles. The van der Waals surface area contributed by atoms with Gasteiger partial charge >= 0.3 is 0 Å². The lowest BCUT2D eigenvalue weighted by Gasteiger charge is -2.27. The van der Waals surface area contributed by atoms with Gasteiger partial charge in [-0.3, -0.25) is 9.10 Å². The summed E-state index contributed by atoms with van der Waals surface area (Å²) < 4.78 is 25.9. The van der Waals surface area contributed by atoms with E-state index in [1.807, 2.05) is 32.9 Å². The van der Waals surface area contributed by atoms with Crippen LogP contribution in [0.15, 0.2) is 12.1 Å². The second kappa shape index (κ2) is 8.21. The molecule has 5 nitrogen and oxygen atoms in total. The van der Waals surface area contributed by atoms with Gasteiger partial charge in [0.15, 0.2) is 0 Å². The third-order valence-electron chi connectivity index (χ3n) is 4.79. The van der Waals surface area contributed by atoms with E-state index in [0.717, 1.165) is 48.6 Å². The lowest BCUT2D eigenvalue weighted by molar-refractivity contribution is -0.120. The Kier molecular flexibility index (Phi) is 6.49. The minimum atomic E-state index is -3.55. The van der Waals surface area contributed by atoms with Crippen LogP contribution in [0.3, 0.4) is 0 Å². The van der Waals surface area contributed by atoms with Crippen LogP contribution in [0.2, 0.25) is 0 Å². The smallest absolute Gasteiger partial charge is 0.240 e. The molecule has 0 saturated heterocycles. The normalized spacial score (nSPS) is 16.3. The Morgan fingerprint density at radius 3 is 2.08 bits per heavy atom. The third kappa shape index (κ3) is 5.46. The highest BCUT2D eigenvalue weighted by Gasteiger charge is 2.25. The summed E-state index contributed by atoms with van der Waals surface area (Å²) in [5, 5.41) is 3.04. The minimum Gasteiger partial charge on any atom is -0.352 e. The first-order valence-electron chi connectivity index (χ1n) is 9.03. The van der Waals surface area contributed by atoms with Crippen LogP contribution < -0.4 is 9.62 Å². The quantitative estimate of drug-likeness (QED) is 0.814. The van der Waals surface area contributed by atoms with Gasteiger partial charge in [0.05, 0.1) is 11.9 Å². The molecule has 0 heterocycles. The SMILES string of the molecule is Cc1cc(C)c(N(CC(=O)NC2CCCCCC2)S(C)(=O)=O)c(C)c1. The summed E-state index contributed by atoms with van der Waals surface area (Å²) in [7, 11) is -3.55. The first-order chi connectivity index (χ1) is 11.7. The van der Waals surface area contributed by atoms with E-state index in [1.165, 1.54) is 17.1 Å². The summed E-state index contributed by atoms with van der Waals surface area (Å²) in [6, 6.07) is 4.06. The van der Waals surface area contributed by atoms with Gasteiger partial charge in [-0.15, -0.1) is 0 Å². The van der Waals surface area contributed by atoms with Gasteiger partial charge in [-0.25, -0.2) is 8.42 Å². The number of aryl methyl sites for hydroxylation is 3. The standard InChI is InChI=1S/C19H30N2O3S/c1-14-11-15(2)19(16(3)12-14)21(25(4,23)24)13-18(22)20-17-9-7-5-6-8-10-17/h11-12,17H,5-10,13H2,1-4H3,(H,20,22). The topological polar surface area (TPSA) is 66.5 Å². The highest BCUT2D eigenvalue weighted by Crippen LogP contribution is 2.28. The Morgan fingerprint density at radius 2 is 1.60 bits per heavy atom. The molecule has 6 heteroatoms. The van der Waals surface area contributed by atoms with Gasteiger partial charge < -0.3 is 5.32 Å². The Labute approximate surface area is 151 Å². The van der Waals surface area contributed by atoms with Crippen molar-refractivity contribution in [2.45, 2.75) is 65.3 Å². The maximum absolute atomic E-state index is 12.5. The van der Waals surface area contributed by atoms with Crippen LogP contribution in [0.25, 0.3) is 0 Å². The molecule has 0 aliphatic heterocycles. The lowest BCUT2D eigenvalue weighted by atomic mass is 10.1. The largest absolute Gasteiger partial charge is 0.352 e. The zero-order valence-electron chi connectivity index (χ0n) is 15.8. The van der Waals surface area contributed by atoms with Crippen LogP contribution in [0.4, 0.5) is 5.69 Å². The van der Waals surface area contributed by atoms with Gasteiger partial charge in [-0.1, -0.05) is 43.4 Å². The number of anilines is 1. The number of nitrogens with zero attached hydrogens (tertiary/aromatic N) is 1. The number of nitrogens with one attached hydrogen (secondary N) is 1. The molecule has 0 bridgehead atoms. The van der Waals surface area contributed by atoms with Crippen LogP contribution in [0, 0.1) is 20.8 Å². The first kappa shape index (κ1) is 19.8. The summed E-state index contributed by atoms with van der Waals surface area (Å²) in [5.41, 5.74) is 3.43. The Balaban J connectivity index is 2.20. The third-order valence-corrected chi connectivity index (χ3v) is 5.90. The number of amides is 1. The van der Waals surface area contributed by atoms with Crippen molar-refractivity contribution in [2.24, 2.45) is 0 Å². The molecule has 1 aliphatic carbocycles. The zero-order valence-corrected chi connectivity index (χ0v) is 16.6.